The Morgan fingerprint density at radius 3 is 2.51 bits per heavy atom. The first-order valence-corrected chi connectivity index (χ1v) is 17.2. The number of hydrogen-bond acceptors (Lipinski definition) is 8. The van der Waals surface area contributed by atoms with Crippen LogP contribution in [-0.2, 0) is 9.53 Å². The zero-order chi connectivity index (χ0) is 34.4. The third kappa shape index (κ3) is 6.38. The Kier molecular flexibility index (Phi) is 8.39. The predicted molar refractivity (Wildman–Crippen MR) is 187 cm³/mol. The van der Waals surface area contributed by atoms with Crippen molar-refractivity contribution in [3.05, 3.63) is 71.2 Å². The van der Waals surface area contributed by atoms with Gasteiger partial charge in [0.15, 0.2) is 0 Å². The summed E-state index contributed by atoms with van der Waals surface area (Å²) in [7, 11) is 0. The Morgan fingerprint density at radius 1 is 1.00 bits per heavy atom. The summed E-state index contributed by atoms with van der Waals surface area (Å²) in [5.74, 6) is 0.889. The standard InChI is InChI=1S/C36H38N6O6S/c1-21-19-24(47-23-10-6-5-7-11-23)12-13-25(21)42-26-14-16-37-32-28(26)29(39-34(42)45)30(49-32)31(43)38-22-9-8-17-40(20-22)33(44)27-15-18-41(27)35(46)48-36(2,3)4/h5-7,10-14,16,19,22,27H,8-9,15,17-18,20H2,1-4H3,(H,38,43)(H,39,45)/t22-,27+/m1/s1. The molecule has 0 spiro atoms. The highest BCUT2D eigenvalue weighted by atomic mass is 32.1. The first-order valence-electron chi connectivity index (χ1n) is 16.4. The van der Waals surface area contributed by atoms with E-state index < -0.39 is 23.8 Å². The lowest BCUT2D eigenvalue weighted by Crippen LogP contribution is -2.61. The molecular weight excluding hydrogens is 644 g/mol. The van der Waals surface area contributed by atoms with Crippen LogP contribution >= 0.6 is 11.3 Å². The van der Waals surface area contributed by atoms with Crippen molar-refractivity contribution in [1.29, 1.82) is 0 Å². The SMILES string of the molecule is Cc1cc(Oc2ccccc2)ccc1N1C(=O)Nc2c(C(=O)N[C@@H]3CCCN(C(=O)[C@@H]4CCN4C(=O)OC(C)(C)C)C3)sc3nccc1c23. The number of para-hydroxylation sites is 1. The van der Waals surface area contributed by atoms with E-state index in [-0.39, 0.29) is 17.9 Å². The van der Waals surface area contributed by atoms with Crippen molar-refractivity contribution >= 4 is 62.6 Å². The number of thiophene rings is 1. The molecule has 4 aromatic rings. The summed E-state index contributed by atoms with van der Waals surface area (Å²) in [6, 6.07) is 15.6. The Balaban J connectivity index is 1.07. The summed E-state index contributed by atoms with van der Waals surface area (Å²) in [6.07, 6.45) is 3.13. The number of rotatable bonds is 6. The van der Waals surface area contributed by atoms with Crippen LogP contribution in [0.1, 0.15) is 55.3 Å². The minimum absolute atomic E-state index is 0.135. The number of benzene rings is 2. The molecule has 2 saturated heterocycles. The second-order valence-electron chi connectivity index (χ2n) is 13.5. The van der Waals surface area contributed by atoms with Crippen LogP contribution in [0.15, 0.2) is 60.8 Å². The molecule has 7 rings (SSSR count). The minimum Gasteiger partial charge on any atom is -0.457 e. The van der Waals surface area contributed by atoms with E-state index in [1.165, 1.54) is 16.2 Å². The molecule has 3 aliphatic rings. The van der Waals surface area contributed by atoms with Gasteiger partial charge in [-0.1, -0.05) is 18.2 Å². The minimum atomic E-state index is -0.649. The fourth-order valence-corrected chi connectivity index (χ4v) is 7.51. The number of ether oxygens (including phenoxy) is 2. The number of nitrogens with one attached hydrogen (secondary N) is 2. The molecule has 12 nitrogen and oxygen atoms in total. The van der Waals surface area contributed by atoms with Gasteiger partial charge in [0.05, 0.1) is 22.4 Å². The van der Waals surface area contributed by atoms with Crippen LogP contribution in [0, 0.1) is 6.92 Å². The third-order valence-electron chi connectivity index (χ3n) is 8.84. The van der Waals surface area contributed by atoms with Crippen molar-refractivity contribution < 1.29 is 28.7 Å². The fourth-order valence-electron chi connectivity index (χ4n) is 6.49. The van der Waals surface area contributed by atoms with E-state index in [1.807, 2.05) is 55.5 Å². The zero-order valence-corrected chi connectivity index (χ0v) is 28.6. The number of aryl methyl sites for hydroxylation is 1. The van der Waals surface area contributed by atoms with Gasteiger partial charge in [0.25, 0.3) is 5.91 Å². The van der Waals surface area contributed by atoms with Gasteiger partial charge in [0.1, 0.15) is 32.8 Å². The molecule has 0 saturated carbocycles. The number of nitrogens with zero attached hydrogens (tertiary/aromatic N) is 4. The number of carbonyl (C=O) groups excluding carboxylic acids is 4. The van der Waals surface area contributed by atoms with E-state index >= 15 is 0 Å². The summed E-state index contributed by atoms with van der Waals surface area (Å²) >= 11 is 1.22. The molecule has 2 fully saturated rings. The molecule has 49 heavy (non-hydrogen) atoms. The van der Waals surface area contributed by atoms with Gasteiger partial charge in [-0.05, 0) is 88.9 Å². The zero-order valence-electron chi connectivity index (χ0n) is 27.8. The number of aromatic nitrogens is 1. The molecule has 13 heteroatoms. The van der Waals surface area contributed by atoms with Crippen LogP contribution in [0.4, 0.5) is 26.7 Å². The van der Waals surface area contributed by atoms with Crippen molar-refractivity contribution in [2.45, 2.75) is 64.6 Å². The summed E-state index contributed by atoms with van der Waals surface area (Å²) in [6.45, 7) is 8.66. The molecule has 0 aliphatic carbocycles. The van der Waals surface area contributed by atoms with E-state index in [2.05, 4.69) is 15.6 Å². The summed E-state index contributed by atoms with van der Waals surface area (Å²) in [4.78, 5) is 63.8. The van der Waals surface area contributed by atoms with Crippen molar-refractivity contribution in [3.63, 3.8) is 0 Å². The number of amides is 5. The average molecular weight is 683 g/mol. The van der Waals surface area contributed by atoms with Crippen LogP contribution in [0.25, 0.3) is 10.2 Å². The molecule has 2 aromatic carbocycles. The normalized spacial score (nSPS) is 18.9. The molecule has 5 amide bonds. The van der Waals surface area contributed by atoms with Gasteiger partial charge in [-0.15, -0.1) is 11.3 Å². The molecular formula is C36H38N6O6S. The van der Waals surface area contributed by atoms with E-state index in [9.17, 15) is 19.2 Å². The highest BCUT2D eigenvalue weighted by Gasteiger charge is 2.43. The molecule has 0 unspecified atom stereocenters. The summed E-state index contributed by atoms with van der Waals surface area (Å²) in [5, 5.41) is 6.75. The maximum atomic E-state index is 13.8. The predicted octanol–water partition coefficient (Wildman–Crippen LogP) is 6.81. The van der Waals surface area contributed by atoms with Gasteiger partial charge in [-0.25, -0.2) is 14.6 Å². The van der Waals surface area contributed by atoms with Crippen molar-refractivity contribution in [3.8, 4) is 11.5 Å². The highest BCUT2D eigenvalue weighted by molar-refractivity contribution is 7.21. The number of piperidine rings is 1. The topological polar surface area (TPSA) is 133 Å². The third-order valence-corrected chi connectivity index (χ3v) is 9.94. The van der Waals surface area contributed by atoms with E-state index in [0.29, 0.717) is 82.6 Å². The van der Waals surface area contributed by atoms with Crippen LogP contribution in [0.5, 0.6) is 11.5 Å². The Labute approximate surface area is 288 Å². The first-order chi connectivity index (χ1) is 23.5. The molecule has 2 atom stereocenters. The monoisotopic (exact) mass is 682 g/mol. The molecule has 5 heterocycles. The maximum Gasteiger partial charge on any atom is 0.410 e. The van der Waals surface area contributed by atoms with Gasteiger partial charge >= 0.3 is 12.1 Å². The van der Waals surface area contributed by atoms with Gasteiger partial charge in [-0.3, -0.25) is 19.4 Å². The lowest BCUT2D eigenvalue weighted by atomic mass is 9.99. The molecule has 3 aliphatic heterocycles. The van der Waals surface area contributed by atoms with Crippen LogP contribution in [-0.4, -0.2) is 76.0 Å². The summed E-state index contributed by atoms with van der Waals surface area (Å²) < 4.78 is 11.5. The average Bonchev–Trinajstić information content (AvgIpc) is 3.40. The van der Waals surface area contributed by atoms with E-state index in [1.54, 1.807) is 42.8 Å². The van der Waals surface area contributed by atoms with Gasteiger partial charge < -0.3 is 25.0 Å². The van der Waals surface area contributed by atoms with Crippen LogP contribution in [0.2, 0.25) is 0 Å². The Morgan fingerprint density at radius 2 is 1.80 bits per heavy atom. The number of anilines is 3. The van der Waals surface area contributed by atoms with Gasteiger partial charge in [0.2, 0.25) is 5.91 Å². The Bertz CT molecular complexity index is 1960. The largest absolute Gasteiger partial charge is 0.457 e. The van der Waals surface area contributed by atoms with Crippen molar-refractivity contribution in [1.82, 2.24) is 20.1 Å². The lowest BCUT2D eigenvalue weighted by Gasteiger charge is -2.44. The second-order valence-corrected chi connectivity index (χ2v) is 14.5. The smallest absolute Gasteiger partial charge is 0.410 e. The lowest BCUT2D eigenvalue weighted by molar-refractivity contribution is -0.142. The van der Waals surface area contributed by atoms with Crippen molar-refractivity contribution in [2.75, 3.05) is 29.9 Å². The molecule has 2 aromatic heterocycles. The fraction of sp³-hybridized carbons (Fsp3) is 0.361. The second kappa shape index (κ2) is 12.7. The Hall–Kier alpha value is -5.17. The van der Waals surface area contributed by atoms with Gasteiger partial charge in [0, 0.05) is 31.9 Å². The number of carbonyl (C=O) groups is 4. The number of hydrogen-bond donors (Lipinski definition) is 2. The maximum absolute atomic E-state index is 13.8. The molecule has 0 bridgehead atoms. The van der Waals surface area contributed by atoms with E-state index in [4.69, 9.17) is 9.47 Å². The van der Waals surface area contributed by atoms with Crippen molar-refractivity contribution in [2.24, 2.45) is 0 Å². The van der Waals surface area contributed by atoms with Crippen LogP contribution < -0.4 is 20.3 Å². The van der Waals surface area contributed by atoms with Gasteiger partial charge in [-0.2, -0.15) is 0 Å². The first kappa shape index (κ1) is 32.4. The number of urea groups is 1. The van der Waals surface area contributed by atoms with E-state index in [0.717, 1.165) is 5.56 Å². The molecule has 254 valence electrons. The summed E-state index contributed by atoms with van der Waals surface area (Å²) in [5.41, 5.74) is 1.91. The number of likely N-dealkylation sites (tertiary alicyclic amines) is 2. The molecule has 2 N–H and O–H groups in total. The van der Waals surface area contributed by atoms with Crippen LogP contribution in [0.3, 0.4) is 0 Å². The quantitative estimate of drug-likeness (QED) is 0.228. The number of pyridine rings is 1. The highest BCUT2D eigenvalue weighted by Crippen LogP contribution is 2.46. The molecule has 0 radical (unpaired) electrons.